The van der Waals surface area contributed by atoms with Gasteiger partial charge in [-0.05, 0) is 24.3 Å². The number of nitrogens with two attached hydrogens (primary N) is 1. The molecule has 0 atom stereocenters. The van der Waals surface area contributed by atoms with E-state index in [9.17, 15) is 13.6 Å². The predicted octanol–water partition coefficient (Wildman–Crippen LogP) is 2.22. The number of anilines is 2. The molecule has 0 aliphatic carbocycles. The van der Waals surface area contributed by atoms with Crippen LogP contribution in [0.4, 0.5) is 20.3 Å². The Kier molecular flexibility index (Phi) is 3.41. The minimum atomic E-state index is -0.662. The summed E-state index contributed by atoms with van der Waals surface area (Å²) in [7, 11) is 1.45. The van der Waals surface area contributed by atoms with Crippen LogP contribution < -0.4 is 10.6 Å². The van der Waals surface area contributed by atoms with Gasteiger partial charge in [-0.1, -0.05) is 6.07 Å². The molecular weight excluding hydrogens is 252 g/mol. The van der Waals surface area contributed by atoms with Gasteiger partial charge in [0.15, 0.2) is 0 Å². The summed E-state index contributed by atoms with van der Waals surface area (Å²) >= 11 is 0. The van der Waals surface area contributed by atoms with E-state index in [1.54, 1.807) is 6.07 Å². The van der Waals surface area contributed by atoms with E-state index in [0.717, 1.165) is 12.3 Å². The molecule has 0 unspecified atom stereocenters. The third kappa shape index (κ3) is 2.67. The minimum Gasteiger partial charge on any atom is -0.383 e. The lowest BCUT2D eigenvalue weighted by Gasteiger charge is -2.18. The number of rotatable bonds is 2. The molecule has 1 aromatic carbocycles. The van der Waals surface area contributed by atoms with E-state index >= 15 is 0 Å². The zero-order valence-corrected chi connectivity index (χ0v) is 10.1. The second kappa shape index (κ2) is 5.01. The highest BCUT2D eigenvalue weighted by molar-refractivity contribution is 6.08. The van der Waals surface area contributed by atoms with Gasteiger partial charge in [0.2, 0.25) is 0 Å². The molecular formula is C13H11F2N3O. The zero-order chi connectivity index (χ0) is 14.0. The normalized spacial score (nSPS) is 10.3. The maximum Gasteiger partial charge on any atom is 0.261 e. The van der Waals surface area contributed by atoms with Gasteiger partial charge >= 0.3 is 0 Å². The molecule has 1 aromatic heterocycles. The topological polar surface area (TPSA) is 59.2 Å². The highest BCUT2D eigenvalue weighted by atomic mass is 19.1. The molecule has 19 heavy (non-hydrogen) atoms. The Balaban J connectivity index is 2.36. The fourth-order valence-corrected chi connectivity index (χ4v) is 1.60. The second-order valence-corrected chi connectivity index (χ2v) is 3.93. The number of hydrogen-bond acceptors (Lipinski definition) is 3. The van der Waals surface area contributed by atoms with Crippen molar-refractivity contribution in [3.8, 4) is 0 Å². The van der Waals surface area contributed by atoms with Crippen LogP contribution in [0.1, 0.15) is 10.4 Å². The fraction of sp³-hybridized carbons (Fsp3) is 0.0769. The summed E-state index contributed by atoms with van der Waals surface area (Å²) in [6, 6.07) is 6.49. The molecule has 0 aliphatic rings. The lowest BCUT2D eigenvalue weighted by Crippen LogP contribution is -2.27. The van der Waals surface area contributed by atoms with Gasteiger partial charge in [-0.2, -0.15) is 0 Å². The summed E-state index contributed by atoms with van der Waals surface area (Å²) in [6.45, 7) is 0. The quantitative estimate of drug-likeness (QED) is 0.903. The van der Waals surface area contributed by atoms with Crippen LogP contribution in [-0.4, -0.2) is 17.9 Å². The van der Waals surface area contributed by atoms with Gasteiger partial charge < -0.3 is 10.6 Å². The Labute approximate surface area is 108 Å². The number of amides is 1. The molecule has 4 nitrogen and oxygen atoms in total. The summed E-state index contributed by atoms with van der Waals surface area (Å²) in [4.78, 5) is 16.9. The van der Waals surface area contributed by atoms with Crippen molar-refractivity contribution in [2.75, 3.05) is 17.7 Å². The minimum absolute atomic E-state index is 0.0632. The second-order valence-electron chi connectivity index (χ2n) is 3.93. The number of aromatic nitrogens is 1. The Morgan fingerprint density at radius 3 is 2.68 bits per heavy atom. The van der Waals surface area contributed by atoms with Crippen LogP contribution in [0.25, 0.3) is 0 Å². The molecule has 2 N–H and O–H groups in total. The Morgan fingerprint density at radius 2 is 2.00 bits per heavy atom. The average molecular weight is 263 g/mol. The molecule has 2 rings (SSSR count). The van der Waals surface area contributed by atoms with Crippen molar-refractivity contribution in [3.63, 3.8) is 0 Å². The summed E-state index contributed by atoms with van der Waals surface area (Å²) in [5, 5.41) is 0. The van der Waals surface area contributed by atoms with E-state index in [1.807, 2.05) is 0 Å². The molecule has 0 aliphatic heterocycles. The average Bonchev–Trinajstić information content (AvgIpc) is 2.40. The van der Waals surface area contributed by atoms with E-state index < -0.39 is 17.5 Å². The molecule has 98 valence electrons. The van der Waals surface area contributed by atoms with Crippen molar-refractivity contribution in [3.05, 3.63) is 53.7 Å². The molecule has 1 heterocycles. The van der Waals surface area contributed by atoms with Crippen molar-refractivity contribution >= 4 is 17.4 Å². The number of halogens is 2. The number of hydrogen-bond donors (Lipinski definition) is 1. The molecule has 0 spiro atoms. The van der Waals surface area contributed by atoms with Crippen molar-refractivity contribution in [1.29, 1.82) is 0 Å². The van der Waals surface area contributed by atoms with Gasteiger partial charge in [0.25, 0.3) is 5.91 Å². The van der Waals surface area contributed by atoms with E-state index in [0.29, 0.717) is 5.69 Å². The van der Waals surface area contributed by atoms with E-state index in [-0.39, 0.29) is 11.4 Å². The maximum atomic E-state index is 13.1. The Morgan fingerprint density at radius 1 is 1.26 bits per heavy atom. The molecule has 0 saturated carbocycles. The van der Waals surface area contributed by atoms with E-state index in [4.69, 9.17) is 5.73 Å². The molecule has 0 saturated heterocycles. The lowest BCUT2D eigenvalue weighted by molar-refractivity contribution is 0.0993. The number of carbonyl (C=O) groups is 1. The van der Waals surface area contributed by atoms with Crippen molar-refractivity contribution in [1.82, 2.24) is 4.98 Å². The third-order valence-electron chi connectivity index (χ3n) is 2.62. The summed E-state index contributed by atoms with van der Waals surface area (Å²) < 4.78 is 26.2. The van der Waals surface area contributed by atoms with E-state index in [1.165, 1.54) is 30.1 Å². The first-order valence-corrected chi connectivity index (χ1v) is 5.43. The van der Waals surface area contributed by atoms with Crippen LogP contribution in [0.15, 0.2) is 36.5 Å². The van der Waals surface area contributed by atoms with Gasteiger partial charge in [0.05, 0.1) is 11.8 Å². The number of carbonyl (C=O) groups excluding carboxylic acids is 1. The number of nitrogens with zero attached hydrogens (tertiary/aromatic N) is 2. The van der Waals surface area contributed by atoms with Gasteiger partial charge in [-0.15, -0.1) is 0 Å². The highest BCUT2D eigenvalue weighted by Crippen LogP contribution is 2.19. The van der Waals surface area contributed by atoms with Crippen LogP contribution in [0.2, 0.25) is 0 Å². The van der Waals surface area contributed by atoms with Gasteiger partial charge in [-0.25, -0.2) is 13.8 Å². The molecule has 0 radical (unpaired) electrons. The van der Waals surface area contributed by atoms with Gasteiger partial charge in [0, 0.05) is 12.7 Å². The third-order valence-corrected chi connectivity index (χ3v) is 2.62. The standard InChI is InChI=1S/C13H11F2N3O/c1-18(10-4-2-3-8(14)5-10)13(19)11-6-9(15)7-17-12(11)16/h2-7H,1H3,(H2,16,17). The smallest absolute Gasteiger partial charge is 0.261 e. The number of benzene rings is 1. The largest absolute Gasteiger partial charge is 0.383 e. The predicted molar refractivity (Wildman–Crippen MR) is 67.7 cm³/mol. The number of nitrogen functional groups attached to an aromatic ring is 1. The zero-order valence-electron chi connectivity index (χ0n) is 10.1. The lowest BCUT2D eigenvalue weighted by atomic mass is 10.2. The molecule has 2 aromatic rings. The number of pyridine rings is 1. The monoisotopic (exact) mass is 263 g/mol. The Hall–Kier alpha value is -2.50. The van der Waals surface area contributed by atoms with Crippen LogP contribution in [0.3, 0.4) is 0 Å². The summed E-state index contributed by atoms with van der Waals surface area (Å²) in [5.74, 6) is -1.77. The van der Waals surface area contributed by atoms with Crippen LogP contribution in [0.5, 0.6) is 0 Å². The summed E-state index contributed by atoms with van der Waals surface area (Å²) in [6.07, 6.45) is 0.925. The Bertz CT molecular complexity index is 631. The van der Waals surface area contributed by atoms with E-state index in [2.05, 4.69) is 4.98 Å². The van der Waals surface area contributed by atoms with Crippen molar-refractivity contribution in [2.45, 2.75) is 0 Å². The molecule has 6 heteroatoms. The SMILES string of the molecule is CN(C(=O)c1cc(F)cnc1N)c1cccc(F)c1. The van der Waals surface area contributed by atoms with Crippen molar-refractivity contribution < 1.29 is 13.6 Å². The van der Waals surface area contributed by atoms with Crippen LogP contribution in [0, 0.1) is 11.6 Å². The van der Waals surface area contributed by atoms with Crippen LogP contribution >= 0.6 is 0 Å². The van der Waals surface area contributed by atoms with Gasteiger partial charge in [0.1, 0.15) is 17.5 Å². The maximum absolute atomic E-state index is 13.1. The summed E-state index contributed by atoms with van der Waals surface area (Å²) in [5.41, 5.74) is 5.81. The molecule has 1 amide bonds. The molecule has 0 fully saturated rings. The van der Waals surface area contributed by atoms with Gasteiger partial charge in [-0.3, -0.25) is 4.79 Å². The first kappa shape index (κ1) is 12.9. The molecule has 0 bridgehead atoms. The highest BCUT2D eigenvalue weighted by Gasteiger charge is 2.18. The van der Waals surface area contributed by atoms with Crippen LogP contribution in [-0.2, 0) is 0 Å². The van der Waals surface area contributed by atoms with Crippen molar-refractivity contribution in [2.24, 2.45) is 0 Å². The first-order chi connectivity index (χ1) is 8.99. The first-order valence-electron chi connectivity index (χ1n) is 5.43. The fourth-order valence-electron chi connectivity index (χ4n) is 1.60.